The number of benzene rings is 1. The highest BCUT2D eigenvalue weighted by Crippen LogP contribution is 2.22. The number of nitrogens with zero attached hydrogens (tertiary/aromatic N) is 1. The number of likely N-dealkylation sites (tertiary alicyclic amines) is 1. The van der Waals surface area contributed by atoms with Crippen molar-refractivity contribution in [2.45, 2.75) is 26.7 Å². The second-order valence-electron chi connectivity index (χ2n) is 5.26. The van der Waals surface area contributed by atoms with Gasteiger partial charge in [-0.15, -0.1) is 0 Å². The Morgan fingerprint density at radius 2 is 2.15 bits per heavy atom. The van der Waals surface area contributed by atoms with Gasteiger partial charge in [0.15, 0.2) is 0 Å². The van der Waals surface area contributed by atoms with E-state index in [0.29, 0.717) is 17.3 Å². The zero-order valence-corrected chi connectivity index (χ0v) is 12.5. The molecule has 1 heterocycles. The summed E-state index contributed by atoms with van der Waals surface area (Å²) in [6.07, 6.45) is 1.68. The monoisotopic (exact) mass is 294 g/mol. The fourth-order valence-electron chi connectivity index (χ4n) is 2.39. The first-order valence-electron chi connectivity index (χ1n) is 6.80. The molecule has 1 aliphatic rings. The predicted molar refractivity (Wildman–Crippen MR) is 79.8 cm³/mol. The van der Waals surface area contributed by atoms with Gasteiger partial charge >= 0.3 is 0 Å². The van der Waals surface area contributed by atoms with E-state index >= 15 is 0 Å². The molecule has 1 aromatic rings. The number of hydrogen-bond donors (Lipinski definition) is 1. The van der Waals surface area contributed by atoms with Crippen molar-refractivity contribution in [3.05, 3.63) is 28.8 Å². The van der Waals surface area contributed by atoms with Gasteiger partial charge in [0.1, 0.15) is 0 Å². The Kier molecular flexibility index (Phi) is 4.65. The Morgan fingerprint density at radius 1 is 1.40 bits per heavy atom. The van der Waals surface area contributed by atoms with Gasteiger partial charge in [-0.1, -0.05) is 17.7 Å². The molecule has 4 nitrogen and oxygen atoms in total. The minimum absolute atomic E-state index is 0.0286. The van der Waals surface area contributed by atoms with Crippen LogP contribution in [0.3, 0.4) is 0 Å². The van der Waals surface area contributed by atoms with Crippen LogP contribution in [-0.2, 0) is 9.59 Å². The second kappa shape index (κ2) is 6.27. The molecule has 20 heavy (non-hydrogen) atoms. The fraction of sp³-hybridized carbons (Fsp3) is 0.467. The highest BCUT2D eigenvalue weighted by molar-refractivity contribution is 6.31. The van der Waals surface area contributed by atoms with E-state index < -0.39 is 0 Å². The van der Waals surface area contributed by atoms with E-state index in [-0.39, 0.29) is 17.7 Å². The van der Waals surface area contributed by atoms with Gasteiger partial charge in [-0.3, -0.25) is 9.59 Å². The molecule has 0 unspecified atom stereocenters. The van der Waals surface area contributed by atoms with Crippen molar-refractivity contribution >= 4 is 29.1 Å². The molecule has 0 radical (unpaired) electrons. The summed E-state index contributed by atoms with van der Waals surface area (Å²) in [6.45, 7) is 4.70. The summed E-state index contributed by atoms with van der Waals surface area (Å²) in [4.78, 5) is 25.4. The lowest BCUT2D eigenvalue weighted by Gasteiger charge is -2.31. The smallest absolute Gasteiger partial charge is 0.229 e. The van der Waals surface area contributed by atoms with E-state index in [1.54, 1.807) is 17.9 Å². The minimum Gasteiger partial charge on any atom is -0.342 e. The molecule has 0 bridgehead atoms. The molecule has 1 aromatic carbocycles. The van der Waals surface area contributed by atoms with E-state index in [1.165, 1.54) is 0 Å². The third-order valence-corrected chi connectivity index (χ3v) is 4.08. The zero-order chi connectivity index (χ0) is 14.7. The van der Waals surface area contributed by atoms with Crippen LogP contribution in [0.2, 0.25) is 5.02 Å². The quantitative estimate of drug-likeness (QED) is 0.912. The number of halogens is 1. The van der Waals surface area contributed by atoms with Crippen LogP contribution < -0.4 is 5.32 Å². The van der Waals surface area contributed by atoms with Crippen LogP contribution in [0.4, 0.5) is 5.69 Å². The number of piperidine rings is 1. The molecule has 108 valence electrons. The molecule has 0 aromatic heterocycles. The molecular weight excluding hydrogens is 276 g/mol. The number of rotatable bonds is 2. The summed E-state index contributed by atoms with van der Waals surface area (Å²) in [6, 6.07) is 5.46. The number of aryl methyl sites for hydroxylation is 1. The number of carbonyl (C=O) groups is 2. The maximum atomic E-state index is 12.2. The molecule has 5 heteroatoms. The van der Waals surface area contributed by atoms with Crippen molar-refractivity contribution in [2.75, 3.05) is 18.4 Å². The van der Waals surface area contributed by atoms with Crippen molar-refractivity contribution < 1.29 is 9.59 Å². The lowest BCUT2D eigenvalue weighted by atomic mass is 9.97. The Bertz CT molecular complexity index is 531. The lowest BCUT2D eigenvalue weighted by Crippen LogP contribution is -2.42. The summed E-state index contributed by atoms with van der Waals surface area (Å²) < 4.78 is 0. The highest BCUT2D eigenvalue weighted by atomic mass is 35.5. The molecule has 1 aliphatic heterocycles. The number of hydrogen-bond acceptors (Lipinski definition) is 2. The minimum atomic E-state index is -0.146. The number of nitrogens with one attached hydrogen (secondary N) is 1. The molecule has 2 rings (SSSR count). The van der Waals surface area contributed by atoms with E-state index in [2.05, 4.69) is 5.32 Å². The van der Waals surface area contributed by atoms with Crippen LogP contribution in [-0.4, -0.2) is 29.8 Å². The molecule has 2 amide bonds. The standard InChI is InChI=1S/C15H19ClN2O2/c1-10-5-6-13(8-14(10)16)17-15(20)12-4-3-7-18(9-12)11(2)19/h5-6,8,12H,3-4,7,9H2,1-2H3,(H,17,20)/t12-/m0/s1. The third kappa shape index (κ3) is 3.51. The summed E-state index contributed by atoms with van der Waals surface area (Å²) in [5, 5.41) is 3.51. The summed E-state index contributed by atoms with van der Waals surface area (Å²) in [7, 11) is 0. The Labute approximate surface area is 124 Å². The summed E-state index contributed by atoms with van der Waals surface area (Å²) in [5.41, 5.74) is 1.68. The molecule has 1 fully saturated rings. The summed E-state index contributed by atoms with van der Waals surface area (Å²) in [5.74, 6) is -0.163. The van der Waals surface area contributed by atoms with Crippen molar-refractivity contribution in [3.8, 4) is 0 Å². The first-order chi connectivity index (χ1) is 9.47. The molecule has 0 spiro atoms. The lowest BCUT2D eigenvalue weighted by molar-refractivity contribution is -0.132. The fourth-order valence-corrected chi connectivity index (χ4v) is 2.57. The van der Waals surface area contributed by atoms with Crippen molar-refractivity contribution in [1.29, 1.82) is 0 Å². The van der Waals surface area contributed by atoms with Crippen LogP contribution in [0.25, 0.3) is 0 Å². The van der Waals surface area contributed by atoms with E-state index in [1.807, 2.05) is 19.1 Å². The number of anilines is 1. The maximum absolute atomic E-state index is 12.2. The van der Waals surface area contributed by atoms with Crippen molar-refractivity contribution in [3.63, 3.8) is 0 Å². The van der Waals surface area contributed by atoms with Gasteiger partial charge < -0.3 is 10.2 Å². The van der Waals surface area contributed by atoms with Crippen LogP contribution in [0.15, 0.2) is 18.2 Å². The van der Waals surface area contributed by atoms with Gasteiger partial charge in [0.25, 0.3) is 0 Å². The topological polar surface area (TPSA) is 49.4 Å². The molecule has 1 saturated heterocycles. The molecule has 1 N–H and O–H groups in total. The second-order valence-corrected chi connectivity index (χ2v) is 5.66. The average molecular weight is 295 g/mol. The Hall–Kier alpha value is -1.55. The highest BCUT2D eigenvalue weighted by Gasteiger charge is 2.27. The van der Waals surface area contributed by atoms with Crippen molar-refractivity contribution in [1.82, 2.24) is 4.90 Å². The van der Waals surface area contributed by atoms with E-state index in [9.17, 15) is 9.59 Å². The third-order valence-electron chi connectivity index (χ3n) is 3.68. The molecule has 0 aliphatic carbocycles. The van der Waals surface area contributed by atoms with E-state index in [0.717, 1.165) is 24.9 Å². The molecule has 0 saturated carbocycles. The first-order valence-corrected chi connectivity index (χ1v) is 7.17. The number of amides is 2. The normalized spacial score (nSPS) is 18.8. The molecular formula is C15H19ClN2O2. The van der Waals surface area contributed by atoms with Gasteiger partial charge in [-0.05, 0) is 37.5 Å². The largest absolute Gasteiger partial charge is 0.342 e. The Morgan fingerprint density at radius 3 is 2.80 bits per heavy atom. The van der Waals surface area contributed by atoms with Crippen LogP contribution in [0.1, 0.15) is 25.3 Å². The van der Waals surface area contributed by atoms with Crippen molar-refractivity contribution in [2.24, 2.45) is 5.92 Å². The van der Waals surface area contributed by atoms with E-state index in [4.69, 9.17) is 11.6 Å². The Balaban J connectivity index is 2.00. The van der Waals surface area contributed by atoms with Gasteiger partial charge in [-0.2, -0.15) is 0 Å². The maximum Gasteiger partial charge on any atom is 0.229 e. The SMILES string of the molecule is CC(=O)N1CCC[C@H](C(=O)Nc2ccc(C)c(Cl)c2)C1. The van der Waals surface area contributed by atoms with Gasteiger partial charge in [-0.25, -0.2) is 0 Å². The van der Waals surface area contributed by atoms with Crippen LogP contribution >= 0.6 is 11.6 Å². The van der Waals surface area contributed by atoms with Gasteiger partial charge in [0.2, 0.25) is 11.8 Å². The summed E-state index contributed by atoms with van der Waals surface area (Å²) >= 11 is 6.04. The predicted octanol–water partition coefficient (Wildman–Crippen LogP) is 2.85. The average Bonchev–Trinajstić information content (AvgIpc) is 2.43. The molecule has 1 atom stereocenters. The van der Waals surface area contributed by atoms with Crippen LogP contribution in [0, 0.1) is 12.8 Å². The van der Waals surface area contributed by atoms with Gasteiger partial charge in [0.05, 0.1) is 5.92 Å². The number of carbonyl (C=O) groups excluding carboxylic acids is 2. The zero-order valence-electron chi connectivity index (χ0n) is 11.8. The van der Waals surface area contributed by atoms with Crippen LogP contribution in [0.5, 0.6) is 0 Å². The van der Waals surface area contributed by atoms with Gasteiger partial charge in [0, 0.05) is 30.7 Å². The first kappa shape index (κ1) is 14.9.